The molecule has 0 aliphatic heterocycles. The van der Waals surface area contributed by atoms with Gasteiger partial charge in [0, 0.05) is 18.8 Å². The third-order valence-electron chi connectivity index (χ3n) is 2.82. The number of alkyl carbamates (subject to hydrolysis) is 1. The van der Waals surface area contributed by atoms with Gasteiger partial charge < -0.3 is 26.1 Å². The van der Waals surface area contributed by atoms with Crippen molar-refractivity contribution in [1.82, 2.24) is 15.3 Å². The molecule has 1 aromatic carbocycles. The highest BCUT2D eigenvalue weighted by Gasteiger charge is 2.15. The van der Waals surface area contributed by atoms with Crippen LogP contribution in [0, 0.1) is 0 Å². The Hall–Kier alpha value is -2.44. The first-order valence-electron chi connectivity index (χ1n) is 7.29. The normalized spacial score (nSPS) is 11.4. The summed E-state index contributed by atoms with van der Waals surface area (Å²) in [6, 6.07) is 5.53. The molecule has 2 rings (SSSR count). The minimum absolute atomic E-state index is 0.397. The van der Waals surface area contributed by atoms with E-state index in [0.29, 0.717) is 24.7 Å². The highest BCUT2D eigenvalue weighted by molar-refractivity contribution is 5.80. The van der Waals surface area contributed by atoms with Crippen molar-refractivity contribution in [1.29, 1.82) is 0 Å². The largest absolute Gasteiger partial charge is 0.444 e. The Bertz CT molecular complexity index is 645. The highest BCUT2D eigenvalue weighted by atomic mass is 16.6. The third-order valence-corrected chi connectivity index (χ3v) is 2.82. The van der Waals surface area contributed by atoms with E-state index in [0.717, 1.165) is 17.5 Å². The van der Waals surface area contributed by atoms with Crippen molar-refractivity contribution in [3.63, 3.8) is 0 Å². The monoisotopic (exact) mass is 305 g/mol. The number of rotatable bonds is 5. The Morgan fingerprint density at radius 3 is 2.86 bits per heavy atom. The molecule has 0 fully saturated rings. The fraction of sp³-hybridized carbons (Fsp3) is 0.467. The highest BCUT2D eigenvalue weighted by Crippen LogP contribution is 2.16. The number of nitrogens with two attached hydrogens (primary N) is 1. The first kappa shape index (κ1) is 15.9. The second-order valence-electron chi connectivity index (χ2n) is 6.07. The van der Waals surface area contributed by atoms with Crippen LogP contribution in [-0.4, -0.2) is 34.8 Å². The van der Waals surface area contributed by atoms with E-state index >= 15 is 0 Å². The second-order valence-corrected chi connectivity index (χ2v) is 6.07. The van der Waals surface area contributed by atoms with Crippen molar-refractivity contribution in [3.05, 3.63) is 18.2 Å². The number of benzene rings is 1. The summed E-state index contributed by atoms with van der Waals surface area (Å²) in [5.41, 5.74) is 7.71. The number of ether oxygens (including phenoxy) is 1. The molecule has 1 amide bonds. The van der Waals surface area contributed by atoms with E-state index in [1.54, 1.807) is 0 Å². The van der Waals surface area contributed by atoms with E-state index in [-0.39, 0.29) is 0 Å². The van der Waals surface area contributed by atoms with Crippen LogP contribution in [0.15, 0.2) is 18.2 Å². The molecule has 1 aromatic heterocycles. The number of carbonyl (C=O) groups is 1. The number of anilines is 2. The van der Waals surface area contributed by atoms with Crippen LogP contribution in [0.25, 0.3) is 11.0 Å². The number of fused-ring (bicyclic) bond motifs is 1. The number of nitrogens with zero attached hydrogens (tertiary/aromatic N) is 1. The maximum absolute atomic E-state index is 11.5. The number of amides is 1. The van der Waals surface area contributed by atoms with Gasteiger partial charge in [-0.3, -0.25) is 0 Å². The Labute approximate surface area is 129 Å². The van der Waals surface area contributed by atoms with Gasteiger partial charge in [-0.15, -0.1) is 0 Å². The molecule has 0 saturated heterocycles. The van der Waals surface area contributed by atoms with Crippen molar-refractivity contribution in [3.8, 4) is 0 Å². The number of carbonyl (C=O) groups excluding carboxylic acids is 1. The summed E-state index contributed by atoms with van der Waals surface area (Å²) in [6.45, 7) is 6.73. The molecular weight excluding hydrogens is 282 g/mol. The molecule has 2 aromatic rings. The molecule has 0 radical (unpaired) electrons. The predicted octanol–water partition coefficient (Wildman–Crippen LogP) is 2.47. The van der Waals surface area contributed by atoms with Crippen LogP contribution < -0.4 is 16.4 Å². The molecule has 0 aliphatic carbocycles. The first-order valence-corrected chi connectivity index (χ1v) is 7.29. The van der Waals surface area contributed by atoms with Crippen molar-refractivity contribution in [2.45, 2.75) is 32.8 Å². The molecule has 22 heavy (non-hydrogen) atoms. The van der Waals surface area contributed by atoms with Gasteiger partial charge >= 0.3 is 6.09 Å². The average Bonchev–Trinajstić information content (AvgIpc) is 2.78. The van der Waals surface area contributed by atoms with Gasteiger partial charge in [-0.05, 0) is 45.4 Å². The number of hydrogen-bond donors (Lipinski definition) is 4. The van der Waals surface area contributed by atoms with E-state index in [4.69, 9.17) is 10.5 Å². The van der Waals surface area contributed by atoms with Crippen LogP contribution >= 0.6 is 0 Å². The number of nitrogens with one attached hydrogen (secondary N) is 3. The molecule has 0 unspecified atom stereocenters. The van der Waals surface area contributed by atoms with Crippen LogP contribution in [0.5, 0.6) is 0 Å². The summed E-state index contributed by atoms with van der Waals surface area (Å²) in [6.07, 6.45) is 0.366. The summed E-state index contributed by atoms with van der Waals surface area (Å²) in [5.74, 6) is 0.692. The SMILES string of the molecule is CC(C)(C)OC(=O)NCCCNc1nc2ccc(N)cc2[nH]1. The number of hydrogen-bond acceptors (Lipinski definition) is 5. The van der Waals surface area contributed by atoms with Gasteiger partial charge in [0.15, 0.2) is 0 Å². The molecule has 0 bridgehead atoms. The van der Waals surface area contributed by atoms with Crippen molar-refractivity contribution < 1.29 is 9.53 Å². The van der Waals surface area contributed by atoms with Gasteiger partial charge in [0.25, 0.3) is 0 Å². The molecule has 1 heterocycles. The predicted molar refractivity (Wildman–Crippen MR) is 87.8 cm³/mol. The standard InChI is InChI=1S/C15H23N5O2/c1-15(2,3)22-14(21)18-8-4-7-17-13-19-11-6-5-10(16)9-12(11)20-13/h5-6,9H,4,7-8,16H2,1-3H3,(H,18,21)(H2,17,19,20). The molecule has 7 heteroatoms. The summed E-state index contributed by atoms with van der Waals surface area (Å²) in [5, 5.41) is 5.89. The summed E-state index contributed by atoms with van der Waals surface area (Å²) in [4.78, 5) is 19.0. The summed E-state index contributed by atoms with van der Waals surface area (Å²) >= 11 is 0. The number of aromatic nitrogens is 2. The molecular formula is C15H23N5O2. The minimum Gasteiger partial charge on any atom is -0.444 e. The Balaban J connectivity index is 1.71. The quantitative estimate of drug-likeness (QED) is 0.502. The molecule has 0 atom stereocenters. The lowest BCUT2D eigenvalue weighted by Gasteiger charge is -2.19. The minimum atomic E-state index is -0.474. The fourth-order valence-corrected chi connectivity index (χ4v) is 1.91. The number of imidazole rings is 1. The van der Waals surface area contributed by atoms with Gasteiger partial charge in [0.05, 0.1) is 11.0 Å². The number of H-pyrrole nitrogens is 1. The topological polar surface area (TPSA) is 105 Å². The van der Waals surface area contributed by atoms with Gasteiger partial charge in [0.1, 0.15) is 5.60 Å². The van der Waals surface area contributed by atoms with E-state index in [2.05, 4.69) is 20.6 Å². The average molecular weight is 305 g/mol. The number of aromatic amines is 1. The van der Waals surface area contributed by atoms with E-state index in [9.17, 15) is 4.79 Å². The Morgan fingerprint density at radius 1 is 1.36 bits per heavy atom. The van der Waals surface area contributed by atoms with Gasteiger partial charge in [-0.25, -0.2) is 9.78 Å². The lowest BCUT2D eigenvalue weighted by atomic mass is 10.2. The van der Waals surface area contributed by atoms with Crippen LogP contribution in [0.2, 0.25) is 0 Å². The van der Waals surface area contributed by atoms with Crippen LogP contribution in [0.3, 0.4) is 0 Å². The number of nitrogen functional groups attached to an aromatic ring is 1. The van der Waals surface area contributed by atoms with Gasteiger partial charge in [0.2, 0.25) is 5.95 Å². The lowest BCUT2D eigenvalue weighted by Crippen LogP contribution is -2.33. The van der Waals surface area contributed by atoms with Crippen LogP contribution in [0.4, 0.5) is 16.4 Å². The Kier molecular flexibility index (Phi) is 4.75. The molecule has 0 aliphatic rings. The zero-order valence-electron chi connectivity index (χ0n) is 13.2. The fourth-order valence-electron chi connectivity index (χ4n) is 1.91. The lowest BCUT2D eigenvalue weighted by molar-refractivity contribution is 0.0528. The Morgan fingerprint density at radius 2 is 2.14 bits per heavy atom. The third kappa shape index (κ3) is 4.83. The molecule has 0 spiro atoms. The van der Waals surface area contributed by atoms with Crippen molar-refractivity contribution in [2.75, 3.05) is 24.1 Å². The van der Waals surface area contributed by atoms with Gasteiger partial charge in [-0.2, -0.15) is 0 Å². The van der Waals surface area contributed by atoms with Crippen LogP contribution in [0.1, 0.15) is 27.2 Å². The molecule has 120 valence electrons. The van der Waals surface area contributed by atoms with Crippen molar-refractivity contribution >= 4 is 28.8 Å². The van der Waals surface area contributed by atoms with E-state index < -0.39 is 11.7 Å². The van der Waals surface area contributed by atoms with E-state index in [1.807, 2.05) is 39.0 Å². The van der Waals surface area contributed by atoms with Crippen LogP contribution in [-0.2, 0) is 4.74 Å². The molecule has 7 nitrogen and oxygen atoms in total. The maximum Gasteiger partial charge on any atom is 0.407 e. The molecule has 0 saturated carbocycles. The summed E-state index contributed by atoms with van der Waals surface area (Å²) in [7, 11) is 0. The smallest absolute Gasteiger partial charge is 0.407 e. The molecule has 5 N–H and O–H groups in total. The van der Waals surface area contributed by atoms with Crippen molar-refractivity contribution in [2.24, 2.45) is 0 Å². The second kappa shape index (κ2) is 6.55. The van der Waals surface area contributed by atoms with E-state index in [1.165, 1.54) is 0 Å². The first-order chi connectivity index (χ1) is 10.3. The summed E-state index contributed by atoms with van der Waals surface area (Å²) < 4.78 is 5.15. The van der Waals surface area contributed by atoms with Gasteiger partial charge in [-0.1, -0.05) is 0 Å². The zero-order valence-corrected chi connectivity index (χ0v) is 13.2. The zero-order chi connectivity index (χ0) is 16.2. The maximum atomic E-state index is 11.5.